The number of fused-ring (bicyclic) bond motifs is 2. The molecular formula is C48H64O8. The minimum Gasteiger partial charge on any atom is -0.422 e. The number of rotatable bonds is 24. The molecule has 0 N–H and O–H groups in total. The van der Waals surface area contributed by atoms with Gasteiger partial charge in [0.1, 0.15) is 0 Å². The van der Waals surface area contributed by atoms with Gasteiger partial charge in [-0.15, -0.1) is 0 Å². The molecule has 304 valence electrons. The van der Waals surface area contributed by atoms with Gasteiger partial charge >= 0.3 is 11.9 Å². The molecule has 4 rings (SSSR count). The molecule has 2 aromatic rings. The van der Waals surface area contributed by atoms with E-state index in [0.717, 1.165) is 38.5 Å². The monoisotopic (exact) mass is 768 g/mol. The third-order valence-corrected chi connectivity index (χ3v) is 10.4. The molecule has 0 saturated heterocycles. The summed E-state index contributed by atoms with van der Waals surface area (Å²) in [4.78, 5) is 74.0. The molecule has 0 amide bonds. The summed E-state index contributed by atoms with van der Waals surface area (Å²) in [6, 6.07) is 13.5. The predicted octanol–water partition coefficient (Wildman–Crippen LogP) is 12.4. The van der Waals surface area contributed by atoms with Crippen molar-refractivity contribution in [2.75, 3.05) is 0 Å². The Labute approximate surface area is 334 Å². The van der Waals surface area contributed by atoms with Crippen LogP contribution in [0, 0.1) is 0 Å². The second kappa shape index (κ2) is 25.6. The molecule has 0 atom stereocenters. The molecule has 2 aromatic carbocycles. The first-order valence-corrected chi connectivity index (χ1v) is 21.3. The Morgan fingerprint density at radius 2 is 0.643 bits per heavy atom. The fraction of sp³-hybridized carbons (Fsp3) is 0.542. The molecule has 0 saturated carbocycles. The number of hydrogen-bond donors (Lipinski definition) is 0. The van der Waals surface area contributed by atoms with Crippen molar-refractivity contribution >= 4 is 35.1 Å². The highest BCUT2D eigenvalue weighted by atomic mass is 16.5. The molecule has 0 radical (unpaired) electrons. The molecule has 8 nitrogen and oxygen atoms in total. The van der Waals surface area contributed by atoms with E-state index in [0.29, 0.717) is 46.2 Å². The number of ketones is 4. The Morgan fingerprint density at radius 3 is 0.911 bits per heavy atom. The van der Waals surface area contributed by atoms with Crippen molar-refractivity contribution < 1.29 is 38.2 Å². The van der Waals surface area contributed by atoms with Gasteiger partial charge in [0, 0.05) is 47.2 Å². The van der Waals surface area contributed by atoms with Crippen LogP contribution in [-0.2, 0) is 19.1 Å². The number of unbranched alkanes of at least 4 members (excludes halogenated alkanes) is 18. The third kappa shape index (κ3) is 14.6. The van der Waals surface area contributed by atoms with E-state index in [1.807, 2.05) is 0 Å². The second-order valence-corrected chi connectivity index (χ2v) is 15.1. The van der Waals surface area contributed by atoms with E-state index in [1.165, 1.54) is 104 Å². The summed E-state index contributed by atoms with van der Waals surface area (Å²) in [5.74, 6) is -2.42. The molecule has 56 heavy (non-hydrogen) atoms. The number of carbonyl (C=O) groups excluding carboxylic acids is 6. The van der Waals surface area contributed by atoms with E-state index < -0.39 is 11.9 Å². The zero-order valence-corrected chi connectivity index (χ0v) is 34.4. The zero-order valence-electron chi connectivity index (χ0n) is 34.4. The van der Waals surface area contributed by atoms with Crippen LogP contribution in [0.15, 0.2) is 71.2 Å². The van der Waals surface area contributed by atoms with E-state index in [2.05, 4.69) is 13.8 Å². The summed E-state index contributed by atoms with van der Waals surface area (Å²) in [5.41, 5.74) is 2.14. The van der Waals surface area contributed by atoms with Gasteiger partial charge in [-0.1, -0.05) is 178 Å². The SMILES string of the molecule is CCCCCCCCCCCCC1=C(OC(C)=O)C(=O)c2ccccc2C1=O.CCCCCCCCCCCCC1=C(OC(C)=O)C(=O)c2ccccc2C1=O. The average molecular weight is 769 g/mol. The molecule has 0 fully saturated rings. The van der Waals surface area contributed by atoms with E-state index in [1.54, 1.807) is 48.5 Å². The minimum absolute atomic E-state index is 0.0767. The predicted molar refractivity (Wildman–Crippen MR) is 221 cm³/mol. The standard InChI is InChI=1S/2C24H32O4/c2*1-3-4-5-6-7-8-9-10-11-12-17-21-22(26)19-15-13-14-16-20(19)23(27)24(21)28-18(2)25/h2*13-16H,3-12,17H2,1-2H3. The van der Waals surface area contributed by atoms with Crippen molar-refractivity contribution in [2.45, 2.75) is 169 Å². The lowest BCUT2D eigenvalue weighted by Gasteiger charge is -2.20. The van der Waals surface area contributed by atoms with E-state index in [4.69, 9.17) is 9.47 Å². The molecule has 0 aliphatic heterocycles. The number of carbonyl (C=O) groups is 6. The van der Waals surface area contributed by atoms with Crippen molar-refractivity contribution in [3.63, 3.8) is 0 Å². The van der Waals surface area contributed by atoms with Gasteiger partial charge in [-0.3, -0.25) is 28.8 Å². The Hall–Kier alpha value is -4.46. The first kappa shape index (κ1) is 45.9. The Balaban J connectivity index is 0.000000300. The molecule has 0 unspecified atom stereocenters. The highest BCUT2D eigenvalue weighted by Gasteiger charge is 2.35. The summed E-state index contributed by atoms with van der Waals surface area (Å²) >= 11 is 0. The summed E-state index contributed by atoms with van der Waals surface area (Å²) in [7, 11) is 0. The quantitative estimate of drug-likeness (QED) is 0.0764. The molecular weight excluding hydrogens is 705 g/mol. The molecule has 0 bridgehead atoms. The highest BCUT2D eigenvalue weighted by molar-refractivity contribution is 6.27. The lowest BCUT2D eigenvalue weighted by atomic mass is 9.86. The smallest absolute Gasteiger partial charge is 0.308 e. The van der Waals surface area contributed by atoms with Crippen molar-refractivity contribution in [3.05, 3.63) is 93.4 Å². The number of hydrogen-bond acceptors (Lipinski definition) is 8. The summed E-state index contributed by atoms with van der Waals surface area (Å²) in [6.07, 6.45) is 24.9. The number of esters is 2. The molecule has 2 aliphatic rings. The fourth-order valence-corrected chi connectivity index (χ4v) is 7.34. The first-order chi connectivity index (χ1) is 27.1. The summed E-state index contributed by atoms with van der Waals surface area (Å²) in [5, 5.41) is 0. The van der Waals surface area contributed by atoms with E-state index in [9.17, 15) is 28.8 Å². The number of benzene rings is 2. The van der Waals surface area contributed by atoms with Crippen LogP contribution in [0.4, 0.5) is 0 Å². The highest BCUT2D eigenvalue weighted by Crippen LogP contribution is 2.32. The second-order valence-electron chi connectivity index (χ2n) is 15.1. The summed E-state index contributed by atoms with van der Waals surface area (Å²) in [6.45, 7) is 6.96. The topological polar surface area (TPSA) is 121 Å². The van der Waals surface area contributed by atoms with Crippen LogP contribution in [-0.4, -0.2) is 35.1 Å². The van der Waals surface area contributed by atoms with Gasteiger partial charge in [0.15, 0.2) is 23.1 Å². The Kier molecular flexibility index (Phi) is 21.0. The molecule has 2 aliphatic carbocycles. The van der Waals surface area contributed by atoms with Gasteiger partial charge < -0.3 is 9.47 Å². The largest absolute Gasteiger partial charge is 0.422 e. The maximum absolute atomic E-state index is 12.8. The van der Waals surface area contributed by atoms with Crippen molar-refractivity contribution in [1.29, 1.82) is 0 Å². The minimum atomic E-state index is -0.573. The third-order valence-electron chi connectivity index (χ3n) is 10.4. The summed E-state index contributed by atoms with van der Waals surface area (Å²) < 4.78 is 10.3. The zero-order chi connectivity index (χ0) is 40.7. The molecule has 8 heteroatoms. The normalized spacial score (nSPS) is 13.6. The van der Waals surface area contributed by atoms with Crippen LogP contribution in [0.25, 0.3) is 0 Å². The van der Waals surface area contributed by atoms with Gasteiger partial charge in [0.05, 0.1) is 0 Å². The van der Waals surface area contributed by atoms with Gasteiger partial charge in [-0.05, 0) is 25.7 Å². The lowest BCUT2D eigenvalue weighted by Crippen LogP contribution is -2.24. The number of Topliss-reactive ketones (excluding diaryl/α,β-unsaturated/α-hetero) is 4. The maximum atomic E-state index is 12.8. The van der Waals surface area contributed by atoms with Gasteiger partial charge in [0.25, 0.3) is 0 Å². The van der Waals surface area contributed by atoms with Gasteiger partial charge in [0.2, 0.25) is 11.6 Å². The number of allylic oxidation sites excluding steroid dienone is 4. The molecule has 0 spiro atoms. The van der Waals surface area contributed by atoms with Crippen molar-refractivity contribution in [1.82, 2.24) is 0 Å². The van der Waals surface area contributed by atoms with Gasteiger partial charge in [-0.25, -0.2) is 0 Å². The Bertz CT molecular complexity index is 1590. The van der Waals surface area contributed by atoms with Gasteiger partial charge in [-0.2, -0.15) is 0 Å². The van der Waals surface area contributed by atoms with E-state index in [-0.39, 0.29) is 34.7 Å². The van der Waals surface area contributed by atoms with Crippen LogP contribution in [0.5, 0.6) is 0 Å². The van der Waals surface area contributed by atoms with Crippen LogP contribution in [0.3, 0.4) is 0 Å². The molecule has 0 aromatic heterocycles. The van der Waals surface area contributed by atoms with Crippen LogP contribution in [0.1, 0.15) is 210 Å². The van der Waals surface area contributed by atoms with Crippen molar-refractivity contribution in [2.24, 2.45) is 0 Å². The average Bonchev–Trinajstić information content (AvgIpc) is 3.19. The fourth-order valence-electron chi connectivity index (χ4n) is 7.34. The van der Waals surface area contributed by atoms with Crippen molar-refractivity contribution in [3.8, 4) is 0 Å². The maximum Gasteiger partial charge on any atom is 0.308 e. The van der Waals surface area contributed by atoms with Crippen LogP contribution in [0.2, 0.25) is 0 Å². The Morgan fingerprint density at radius 1 is 0.393 bits per heavy atom. The number of ether oxygens (including phenoxy) is 2. The molecule has 0 heterocycles. The first-order valence-electron chi connectivity index (χ1n) is 21.3. The van der Waals surface area contributed by atoms with E-state index >= 15 is 0 Å². The van der Waals surface area contributed by atoms with Crippen LogP contribution >= 0.6 is 0 Å². The lowest BCUT2D eigenvalue weighted by molar-refractivity contribution is -0.137. The van der Waals surface area contributed by atoms with Crippen LogP contribution < -0.4 is 0 Å².